The summed E-state index contributed by atoms with van der Waals surface area (Å²) in [5.74, 6) is 2.51. The van der Waals surface area contributed by atoms with Crippen molar-refractivity contribution in [3.8, 4) is 17.2 Å². The van der Waals surface area contributed by atoms with Crippen molar-refractivity contribution in [2.24, 2.45) is 0 Å². The molecule has 5 rings (SSSR count). The Morgan fingerprint density at radius 3 is 2.19 bits per heavy atom. The molecule has 3 aromatic rings. The van der Waals surface area contributed by atoms with Crippen molar-refractivity contribution in [1.29, 1.82) is 0 Å². The standard InChI is InChI=1S/C27H31N7O8S/c1-39-22-16-19(17-23(40-2)24(22)41-3)28-26-29-25(30-27(31-26)32-12-14-42-15-13-32)18-8-10-33(11-9-18)43(37,38)21-6-4-20(5-7-21)34(35)36/h4-8,16-17H,9-15H2,1-3H3,(H,28,29,30,31). The number of rotatable bonds is 10. The maximum Gasteiger partial charge on any atom is 0.269 e. The van der Waals surface area contributed by atoms with E-state index in [1.165, 1.54) is 49.9 Å². The van der Waals surface area contributed by atoms with E-state index in [2.05, 4.69) is 15.3 Å². The van der Waals surface area contributed by atoms with E-state index >= 15 is 0 Å². The summed E-state index contributed by atoms with van der Waals surface area (Å²) < 4.78 is 49.6. The van der Waals surface area contributed by atoms with Gasteiger partial charge in [0.15, 0.2) is 17.3 Å². The van der Waals surface area contributed by atoms with E-state index in [9.17, 15) is 18.5 Å². The molecule has 1 saturated heterocycles. The van der Waals surface area contributed by atoms with Crippen LogP contribution in [-0.2, 0) is 14.8 Å². The average molecular weight is 614 g/mol. The molecular weight excluding hydrogens is 582 g/mol. The Labute approximate surface area is 248 Å². The summed E-state index contributed by atoms with van der Waals surface area (Å²) in [7, 11) is 0.720. The number of aromatic nitrogens is 3. The first-order chi connectivity index (χ1) is 20.7. The minimum atomic E-state index is -3.86. The Kier molecular flexibility index (Phi) is 8.89. The molecule has 43 heavy (non-hydrogen) atoms. The van der Waals surface area contributed by atoms with Gasteiger partial charge in [0.05, 0.1) is 44.4 Å². The molecule has 2 aliphatic rings. The monoisotopic (exact) mass is 613 g/mol. The molecule has 0 radical (unpaired) electrons. The lowest BCUT2D eigenvalue weighted by Gasteiger charge is -2.28. The van der Waals surface area contributed by atoms with E-state index in [-0.39, 0.29) is 29.6 Å². The number of nitrogens with one attached hydrogen (secondary N) is 1. The van der Waals surface area contributed by atoms with Crippen molar-refractivity contribution in [2.75, 3.05) is 70.9 Å². The van der Waals surface area contributed by atoms with Crippen molar-refractivity contribution in [1.82, 2.24) is 19.3 Å². The molecule has 0 saturated carbocycles. The van der Waals surface area contributed by atoms with Crippen LogP contribution in [0.4, 0.5) is 23.3 Å². The van der Waals surface area contributed by atoms with Gasteiger partial charge in [0.25, 0.3) is 5.69 Å². The van der Waals surface area contributed by atoms with Gasteiger partial charge in [-0.3, -0.25) is 10.1 Å². The minimum Gasteiger partial charge on any atom is -0.493 e. The number of methoxy groups -OCH3 is 3. The van der Waals surface area contributed by atoms with Crippen LogP contribution >= 0.6 is 0 Å². The van der Waals surface area contributed by atoms with Gasteiger partial charge < -0.3 is 29.2 Å². The van der Waals surface area contributed by atoms with E-state index in [1.54, 1.807) is 18.2 Å². The van der Waals surface area contributed by atoms with E-state index in [0.29, 0.717) is 67.4 Å². The van der Waals surface area contributed by atoms with Gasteiger partial charge in [-0.25, -0.2) is 8.42 Å². The van der Waals surface area contributed by atoms with Crippen molar-refractivity contribution in [3.63, 3.8) is 0 Å². The van der Waals surface area contributed by atoms with Crippen molar-refractivity contribution >= 4 is 38.9 Å². The summed E-state index contributed by atoms with van der Waals surface area (Å²) in [4.78, 5) is 26.4. The second kappa shape index (κ2) is 12.8. The van der Waals surface area contributed by atoms with E-state index in [0.717, 1.165) is 5.57 Å². The van der Waals surface area contributed by atoms with E-state index < -0.39 is 14.9 Å². The fourth-order valence-corrected chi connectivity index (χ4v) is 6.09. The summed E-state index contributed by atoms with van der Waals surface area (Å²) >= 11 is 0. The molecule has 1 fully saturated rings. The Morgan fingerprint density at radius 2 is 1.63 bits per heavy atom. The normalized spacial score (nSPS) is 15.9. The number of hydrogen-bond acceptors (Lipinski definition) is 13. The van der Waals surface area contributed by atoms with Crippen LogP contribution in [0.1, 0.15) is 12.2 Å². The van der Waals surface area contributed by atoms with Gasteiger partial charge in [-0.2, -0.15) is 19.3 Å². The molecule has 2 aliphatic heterocycles. The van der Waals surface area contributed by atoms with Gasteiger partial charge in [-0.15, -0.1) is 0 Å². The number of sulfonamides is 1. The topological polar surface area (TPSA) is 171 Å². The number of benzene rings is 2. The first-order valence-electron chi connectivity index (χ1n) is 13.3. The van der Waals surface area contributed by atoms with E-state index in [1.807, 2.05) is 4.90 Å². The molecule has 0 spiro atoms. The second-order valence-electron chi connectivity index (χ2n) is 9.51. The van der Waals surface area contributed by atoms with Gasteiger partial charge in [-0.05, 0) is 24.1 Å². The summed E-state index contributed by atoms with van der Waals surface area (Å²) in [5.41, 5.74) is 1.18. The van der Waals surface area contributed by atoms with Crippen LogP contribution in [0.25, 0.3) is 5.57 Å². The number of nitro groups is 1. The van der Waals surface area contributed by atoms with Crippen LogP contribution in [0.3, 0.4) is 0 Å². The molecule has 0 atom stereocenters. The third kappa shape index (κ3) is 6.45. The van der Waals surface area contributed by atoms with Crippen LogP contribution in [0, 0.1) is 10.1 Å². The molecule has 1 aromatic heterocycles. The molecule has 0 unspecified atom stereocenters. The zero-order chi connectivity index (χ0) is 30.6. The van der Waals surface area contributed by atoms with Crippen LogP contribution in [0.5, 0.6) is 17.2 Å². The smallest absolute Gasteiger partial charge is 0.269 e. The molecule has 1 N–H and O–H groups in total. The summed E-state index contributed by atoms with van der Waals surface area (Å²) in [6.45, 7) is 2.55. The number of anilines is 3. The maximum atomic E-state index is 13.2. The molecule has 0 aliphatic carbocycles. The molecule has 16 heteroatoms. The van der Waals surface area contributed by atoms with Crippen molar-refractivity contribution < 1.29 is 32.3 Å². The molecule has 0 bridgehead atoms. The van der Waals surface area contributed by atoms with Crippen molar-refractivity contribution in [2.45, 2.75) is 11.3 Å². The highest BCUT2D eigenvalue weighted by Crippen LogP contribution is 2.40. The number of morpholine rings is 1. The first kappa shape index (κ1) is 29.9. The number of nitrogens with zero attached hydrogens (tertiary/aromatic N) is 6. The highest BCUT2D eigenvalue weighted by Gasteiger charge is 2.28. The maximum absolute atomic E-state index is 13.2. The fraction of sp³-hybridized carbons (Fsp3) is 0.370. The second-order valence-corrected chi connectivity index (χ2v) is 11.5. The van der Waals surface area contributed by atoms with Gasteiger partial charge >= 0.3 is 0 Å². The van der Waals surface area contributed by atoms with Gasteiger partial charge in [-0.1, -0.05) is 6.08 Å². The number of nitro benzene ring substituents is 1. The number of ether oxygens (including phenoxy) is 4. The Bertz CT molecular complexity index is 1600. The van der Waals surface area contributed by atoms with Gasteiger partial charge in [0.2, 0.25) is 27.7 Å². The highest BCUT2D eigenvalue weighted by molar-refractivity contribution is 7.89. The predicted octanol–water partition coefficient (Wildman–Crippen LogP) is 2.86. The highest BCUT2D eigenvalue weighted by atomic mass is 32.2. The fourth-order valence-electron chi connectivity index (χ4n) is 4.71. The van der Waals surface area contributed by atoms with Crippen molar-refractivity contribution in [3.05, 3.63) is 58.4 Å². The third-order valence-electron chi connectivity index (χ3n) is 6.98. The van der Waals surface area contributed by atoms with Gasteiger partial charge in [0, 0.05) is 56.1 Å². The molecule has 15 nitrogen and oxygen atoms in total. The lowest BCUT2D eigenvalue weighted by atomic mass is 10.1. The molecule has 3 heterocycles. The summed E-state index contributed by atoms with van der Waals surface area (Å²) in [6, 6.07) is 8.32. The minimum absolute atomic E-state index is 0.0125. The van der Waals surface area contributed by atoms with Crippen LogP contribution in [0.15, 0.2) is 47.4 Å². The summed E-state index contributed by atoms with van der Waals surface area (Å²) in [6.07, 6.45) is 2.12. The SMILES string of the molecule is COc1cc(Nc2nc(C3=CCN(S(=O)(=O)c4ccc([N+](=O)[O-])cc4)CC3)nc(N3CCOCC3)n2)cc(OC)c1OC. The molecule has 228 valence electrons. The lowest BCUT2D eigenvalue weighted by Crippen LogP contribution is -2.38. The zero-order valence-electron chi connectivity index (χ0n) is 23.8. The largest absolute Gasteiger partial charge is 0.493 e. The molecule has 0 amide bonds. The van der Waals surface area contributed by atoms with Gasteiger partial charge in [0.1, 0.15) is 0 Å². The zero-order valence-corrected chi connectivity index (χ0v) is 24.7. The van der Waals surface area contributed by atoms with E-state index in [4.69, 9.17) is 23.9 Å². The predicted molar refractivity (Wildman–Crippen MR) is 157 cm³/mol. The number of non-ortho nitro benzene ring substituents is 1. The Balaban J connectivity index is 1.44. The average Bonchev–Trinajstić information content (AvgIpc) is 3.04. The molecule has 2 aromatic carbocycles. The third-order valence-corrected chi connectivity index (χ3v) is 8.86. The van der Waals surface area contributed by atoms with Crippen LogP contribution in [0.2, 0.25) is 0 Å². The quantitative estimate of drug-likeness (QED) is 0.262. The molecular formula is C27H31N7O8S. The number of hydrogen-bond donors (Lipinski definition) is 1. The lowest BCUT2D eigenvalue weighted by molar-refractivity contribution is -0.384. The van der Waals surface area contributed by atoms with Crippen LogP contribution < -0.4 is 24.4 Å². The Hall–Kier alpha value is -4.54. The Morgan fingerprint density at radius 1 is 0.953 bits per heavy atom. The van der Waals surface area contributed by atoms with Crippen LogP contribution in [-0.4, -0.2) is 93.3 Å². The summed E-state index contributed by atoms with van der Waals surface area (Å²) in [5, 5.41) is 14.2. The first-order valence-corrected chi connectivity index (χ1v) is 14.8.